The highest BCUT2D eigenvalue weighted by Gasteiger charge is 2.49. The molecule has 0 bridgehead atoms. The Morgan fingerprint density at radius 2 is 1.46 bits per heavy atom. The Morgan fingerprint density at radius 3 is 2.10 bits per heavy atom. The predicted molar refractivity (Wildman–Crippen MR) is 179 cm³/mol. The molecule has 2 aromatic carbocycles. The van der Waals surface area contributed by atoms with Gasteiger partial charge >= 0.3 is 34.3 Å². The lowest BCUT2D eigenvalue weighted by atomic mass is 9.98. The van der Waals surface area contributed by atoms with Crippen molar-refractivity contribution in [2.75, 3.05) is 39.6 Å². The number of carboxylic acids is 1. The smallest absolute Gasteiger partial charge is 0.421 e. The number of benzene rings is 2. The van der Waals surface area contributed by atoms with Gasteiger partial charge in [-0.2, -0.15) is 13.1 Å². The maximum Gasteiger partial charge on any atom is 0.421 e. The van der Waals surface area contributed by atoms with E-state index in [2.05, 4.69) is 21.9 Å². The van der Waals surface area contributed by atoms with Crippen LogP contribution in [-0.4, -0.2) is 83.3 Å². The number of carbonyl (C=O) groups excluding carboxylic acids is 3. The number of hydrogen-bond acceptors (Lipinski definition) is 10. The summed E-state index contributed by atoms with van der Waals surface area (Å²) >= 11 is 0. The van der Waals surface area contributed by atoms with Crippen LogP contribution >= 0.6 is 0 Å². The van der Waals surface area contributed by atoms with Gasteiger partial charge in [0.25, 0.3) is 0 Å². The minimum absolute atomic E-state index is 0.0996. The number of amides is 2. The lowest BCUT2D eigenvalue weighted by Crippen LogP contribution is -2.42. The van der Waals surface area contributed by atoms with Crippen molar-refractivity contribution >= 4 is 34.3 Å². The van der Waals surface area contributed by atoms with Crippen molar-refractivity contribution in [2.45, 2.75) is 50.5 Å². The summed E-state index contributed by atoms with van der Waals surface area (Å²) in [6, 6.07) is 14.4. The van der Waals surface area contributed by atoms with Gasteiger partial charge in [-0.3, -0.25) is 4.79 Å². The molecule has 5 rings (SSSR count). The lowest BCUT2D eigenvalue weighted by Gasteiger charge is -2.16. The fourth-order valence-corrected chi connectivity index (χ4v) is 7.27. The third-order valence-corrected chi connectivity index (χ3v) is 10.1. The van der Waals surface area contributed by atoms with Crippen molar-refractivity contribution in [3.05, 3.63) is 59.7 Å². The molecule has 2 aromatic rings. The summed E-state index contributed by atoms with van der Waals surface area (Å²) in [4.78, 5) is 48.3. The summed E-state index contributed by atoms with van der Waals surface area (Å²) in [6.07, 6.45) is 1.01. The molecule has 50 heavy (non-hydrogen) atoms. The first-order chi connectivity index (χ1) is 24.1. The number of carboxylic acid groups (broad SMARTS) is 1. The zero-order valence-corrected chi connectivity index (χ0v) is 28.2. The second kappa shape index (κ2) is 17.3. The zero-order chi connectivity index (χ0) is 35.5. The molecule has 0 aromatic heterocycles. The van der Waals surface area contributed by atoms with Crippen LogP contribution in [0, 0.1) is 29.6 Å². The first kappa shape index (κ1) is 36.6. The summed E-state index contributed by atoms with van der Waals surface area (Å²) in [5.41, 5.74) is 4.28. The number of rotatable bonds is 17. The van der Waals surface area contributed by atoms with Gasteiger partial charge in [0.2, 0.25) is 0 Å². The van der Waals surface area contributed by atoms with Gasteiger partial charge in [-0.25, -0.2) is 19.1 Å². The second-order valence-electron chi connectivity index (χ2n) is 12.3. The van der Waals surface area contributed by atoms with Crippen molar-refractivity contribution in [1.29, 1.82) is 0 Å². The van der Waals surface area contributed by atoms with E-state index in [0.29, 0.717) is 11.8 Å². The van der Waals surface area contributed by atoms with E-state index >= 15 is 0 Å². The molecule has 1 unspecified atom stereocenters. The number of nitrogens with one attached hydrogen (secondary N) is 3. The van der Waals surface area contributed by atoms with Crippen LogP contribution in [0.3, 0.4) is 0 Å². The normalized spacial score (nSPS) is 19.5. The molecule has 0 saturated heterocycles. The minimum Gasteiger partial charge on any atom is -0.480 e. The summed E-state index contributed by atoms with van der Waals surface area (Å²) < 4.78 is 49.0. The van der Waals surface area contributed by atoms with Gasteiger partial charge in [0.15, 0.2) is 0 Å². The van der Waals surface area contributed by atoms with Crippen molar-refractivity contribution in [1.82, 2.24) is 14.8 Å². The molecular formula is C35H41N3O11S. The Balaban J connectivity index is 0.911. The molecule has 1 fully saturated rings. The standard InChI is InChI=1S/C35H41N3O11S/c39-32(48-21-29-25-13-7-5-11-23(25)24-12-6-8-14-26(24)29)16-15-31(33(40)41)37-34(42)47-20-19-46-18-17-36-50(44,45)38-35(43)49-22-30-27-9-3-1-2-4-10-28(27)30/h5-8,11-14,27-31,36H,3-4,9-10,15-22H2,(H,37,42)(H,38,43)(H,40,41)/t27-,28+,30?,31-/m0/s1. The number of ether oxygens (including phenoxy) is 4. The van der Waals surface area contributed by atoms with Gasteiger partial charge in [-0.15, -0.1) is 11.8 Å². The molecule has 0 heterocycles. The van der Waals surface area contributed by atoms with Crippen molar-refractivity contribution in [3.8, 4) is 23.0 Å². The highest BCUT2D eigenvalue weighted by atomic mass is 32.2. The molecule has 0 spiro atoms. The fraction of sp³-hybridized carbons (Fsp3) is 0.486. The topological polar surface area (TPSA) is 196 Å². The molecule has 14 nitrogen and oxygen atoms in total. The van der Waals surface area contributed by atoms with Crippen LogP contribution in [0.15, 0.2) is 48.5 Å². The number of hydrogen-bond donors (Lipinski definition) is 4. The molecule has 1 saturated carbocycles. The van der Waals surface area contributed by atoms with E-state index in [-0.39, 0.29) is 64.3 Å². The summed E-state index contributed by atoms with van der Waals surface area (Å²) in [7, 11) is -4.18. The number of alkyl carbamates (subject to hydrolysis) is 1. The van der Waals surface area contributed by atoms with E-state index in [4.69, 9.17) is 18.9 Å². The summed E-state index contributed by atoms with van der Waals surface area (Å²) in [6.45, 7) is -0.402. The van der Waals surface area contributed by atoms with Crippen molar-refractivity contribution in [3.63, 3.8) is 0 Å². The van der Waals surface area contributed by atoms with Gasteiger partial charge in [0, 0.05) is 31.7 Å². The van der Waals surface area contributed by atoms with Crippen LogP contribution < -0.4 is 14.8 Å². The lowest BCUT2D eigenvalue weighted by molar-refractivity contribution is -0.144. The average molecular weight is 712 g/mol. The third-order valence-electron chi connectivity index (χ3n) is 9.06. The van der Waals surface area contributed by atoms with E-state index in [0.717, 1.165) is 47.9 Å². The molecule has 0 aliphatic heterocycles. The van der Waals surface area contributed by atoms with Crippen LogP contribution in [0.4, 0.5) is 9.59 Å². The molecule has 3 aliphatic carbocycles. The molecule has 4 atom stereocenters. The first-order valence-corrected chi connectivity index (χ1v) is 18.1. The number of aliphatic carboxylic acids is 1. The van der Waals surface area contributed by atoms with Crippen LogP contribution in [0.5, 0.6) is 0 Å². The molecule has 4 N–H and O–H groups in total. The van der Waals surface area contributed by atoms with Crippen LogP contribution in [0.1, 0.15) is 55.6 Å². The largest absolute Gasteiger partial charge is 0.480 e. The average Bonchev–Trinajstić information content (AvgIpc) is 3.61. The maximum absolute atomic E-state index is 12.5. The minimum atomic E-state index is -4.18. The molecular weight excluding hydrogens is 670 g/mol. The molecule has 2 amide bonds. The Bertz CT molecular complexity index is 1660. The predicted octanol–water partition coefficient (Wildman–Crippen LogP) is 3.32. The highest BCUT2D eigenvalue weighted by Crippen LogP contribution is 2.52. The second-order valence-corrected chi connectivity index (χ2v) is 13.8. The molecule has 268 valence electrons. The van der Waals surface area contributed by atoms with Gasteiger partial charge in [0.05, 0.1) is 19.8 Å². The van der Waals surface area contributed by atoms with Gasteiger partial charge in [-0.1, -0.05) is 48.5 Å². The Hall–Kier alpha value is -4.65. The Kier molecular flexibility index (Phi) is 12.7. The Morgan fingerprint density at radius 1 is 0.820 bits per heavy atom. The number of carbonyl (C=O) groups is 4. The molecule has 3 aliphatic rings. The quantitative estimate of drug-likeness (QED) is 0.0814. The maximum atomic E-state index is 12.5. The van der Waals surface area contributed by atoms with E-state index in [1.165, 1.54) is 0 Å². The van der Waals surface area contributed by atoms with E-state index in [1.807, 2.05) is 48.5 Å². The van der Waals surface area contributed by atoms with Crippen molar-refractivity contribution in [2.24, 2.45) is 17.8 Å². The van der Waals surface area contributed by atoms with Gasteiger partial charge in [-0.05, 0) is 59.3 Å². The summed E-state index contributed by atoms with van der Waals surface area (Å²) in [5.74, 6) is 5.28. The first-order valence-electron chi connectivity index (χ1n) is 16.6. The van der Waals surface area contributed by atoms with Crippen molar-refractivity contribution < 1.29 is 51.6 Å². The summed E-state index contributed by atoms with van der Waals surface area (Å²) in [5, 5.41) is 11.7. The van der Waals surface area contributed by atoms with Crippen LogP contribution in [-0.2, 0) is 38.7 Å². The van der Waals surface area contributed by atoms with Crippen LogP contribution in [0.2, 0.25) is 0 Å². The molecule has 15 heteroatoms. The third kappa shape index (κ3) is 10.2. The number of fused-ring (bicyclic) bond motifs is 4. The number of esters is 1. The molecule has 0 radical (unpaired) electrons. The fourth-order valence-electron chi connectivity index (χ4n) is 6.56. The van der Waals surface area contributed by atoms with E-state index < -0.39 is 40.4 Å². The van der Waals surface area contributed by atoms with E-state index in [9.17, 15) is 32.7 Å². The SMILES string of the molecule is O=C(CC[C@H](NC(=O)OCCOCCNS(=O)(=O)NC(=O)OCC1[C@H]2CCC#CCC[C@@H]12)C(=O)O)OCC1c2ccccc2-c2ccccc21. The monoisotopic (exact) mass is 711 g/mol. The van der Waals surface area contributed by atoms with E-state index in [1.54, 1.807) is 4.72 Å². The van der Waals surface area contributed by atoms with Gasteiger partial charge in [0.1, 0.15) is 19.3 Å². The highest BCUT2D eigenvalue weighted by molar-refractivity contribution is 7.88. The zero-order valence-electron chi connectivity index (χ0n) is 27.4. The van der Waals surface area contributed by atoms with Crippen LogP contribution in [0.25, 0.3) is 11.1 Å². The van der Waals surface area contributed by atoms with Gasteiger partial charge < -0.3 is 29.4 Å². The Labute approximate surface area is 290 Å².